The molecule has 0 aliphatic heterocycles. The van der Waals surface area contributed by atoms with Gasteiger partial charge in [0.15, 0.2) is 0 Å². The molecule has 1 rings (SSSR count). The maximum absolute atomic E-state index is 13.4. The highest BCUT2D eigenvalue weighted by atomic mass is 127. The number of rotatable bonds is 7. The lowest BCUT2D eigenvalue weighted by molar-refractivity contribution is -0.258. The first-order valence-corrected chi connectivity index (χ1v) is 13.0. The Kier molecular flexibility index (Phi) is 10.2. The summed E-state index contributed by atoms with van der Waals surface area (Å²) >= 11 is 6.90. The van der Waals surface area contributed by atoms with Crippen LogP contribution in [0.1, 0.15) is 20.7 Å². The van der Waals surface area contributed by atoms with Gasteiger partial charge in [-0.05, 0) is 90.4 Å². The molecule has 0 spiro atoms. The number of halogens is 9. The molecule has 0 aliphatic rings. The van der Waals surface area contributed by atoms with E-state index in [9.17, 15) is 49.9 Å². The molecule has 9 nitrogen and oxygen atoms in total. The lowest BCUT2D eigenvalue weighted by Gasteiger charge is -2.26. The largest absolute Gasteiger partial charge is 0.478 e. The fourth-order valence-electron chi connectivity index (χ4n) is 1.92. The zero-order valence-electron chi connectivity index (χ0n) is 14.4. The van der Waals surface area contributed by atoms with Crippen molar-refractivity contribution >= 4 is 118 Å². The quantitative estimate of drug-likeness (QED) is 0.0942. The monoisotopic (exact) mass is 939 g/mol. The average molecular weight is 939 g/mol. The summed E-state index contributed by atoms with van der Waals surface area (Å²) in [5.41, 5.74) is -0.924. The lowest BCUT2D eigenvalue weighted by Crippen LogP contribution is -2.53. The minimum Gasteiger partial charge on any atom is -0.478 e. The number of esters is 1. The Morgan fingerprint density at radius 1 is 0.938 bits per heavy atom. The van der Waals surface area contributed by atoms with Crippen LogP contribution in [0.25, 0.3) is 0 Å². The predicted molar refractivity (Wildman–Crippen MR) is 129 cm³/mol. The second-order valence-corrected chi connectivity index (χ2v) is 11.3. The molecule has 0 bridgehead atoms. The van der Waals surface area contributed by atoms with Crippen molar-refractivity contribution in [2.75, 3.05) is 6.54 Å². The Bertz CT molecular complexity index is 1080. The Labute approximate surface area is 229 Å². The van der Waals surface area contributed by atoms with Crippen molar-refractivity contribution < 1.29 is 59.1 Å². The molecule has 180 valence electrons. The number of hydrogen-bond donors (Lipinski definition) is 3. The van der Waals surface area contributed by atoms with Crippen LogP contribution in [0.15, 0.2) is 0 Å². The zero-order valence-corrected chi connectivity index (χ0v) is 23.9. The molecule has 0 heterocycles. The average Bonchev–Trinajstić information content (AvgIpc) is 2.62. The van der Waals surface area contributed by atoms with Gasteiger partial charge in [-0.2, -0.15) is 30.4 Å². The summed E-state index contributed by atoms with van der Waals surface area (Å²) in [5, 5.41) is 5.22. The summed E-state index contributed by atoms with van der Waals surface area (Å²) < 4.78 is 99.5. The van der Waals surface area contributed by atoms with Gasteiger partial charge >= 0.3 is 33.5 Å². The Morgan fingerprint density at radius 2 is 1.38 bits per heavy atom. The summed E-state index contributed by atoms with van der Waals surface area (Å²) in [4.78, 5) is 35.7. The molecule has 19 heteroatoms. The van der Waals surface area contributed by atoms with E-state index in [-0.39, 0.29) is 7.14 Å². The van der Waals surface area contributed by atoms with Gasteiger partial charge in [0.2, 0.25) is 0 Å². The van der Waals surface area contributed by atoms with Crippen molar-refractivity contribution in [3.05, 3.63) is 25.4 Å². The number of hydrogen-bond acceptors (Lipinski definition) is 6. The Hall–Kier alpha value is 0.110. The molecule has 1 aromatic carbocycles. The van der Waals surface area contributed by atoms with E-state index in [4.69, 9.17) is 4.55 Å². The topological polar surface area (TPSA) is 147 Å². The van der Waals surface area contributed by atoms with Crippen LogP contribution in [0.5, 0.6) is 0 Å². The highest BCUT2D eigenvalue weighted by molar-refractivity contribution is 14.1. The van der Waals surface area contributed by atoms with E-state index in [0.29, 0.717) is 7.14 Å². The van der Waals surface area contributed by atoms with Gasteiger partial charge < -0.3 is 15.2 Å². The molecule has 0 saturated carbocycles. The summed E-state index contributed by atoms with van der Waals surface area (Å²) in [6.07, 6.45) is -10.7. The van der Waals surface area contributed by atoms with Crippen molar-refractivity contribution in [2.45, 2.75) is 17.5 Å². The number of benzene rings is 1. The van der Waals surface area contributed by atoms with E-state index in [1.54, 1.807) is 73.1 Å². The summed E-state index contributed by atoms with van der Waals surface area (Å²) in [6, 6.07) is 0. The third kappa shape index (κ3) is 6.61. The number of aromatic carboxylic acids is 1. The van der Waals surface area contributed by atoms with Gasteiger partial charge in [0.05, 0.1) is 11.1 Å². The second-order valence-electron chi connectivity index (χ2n) is 5.44. The van der Waals surface area contributed by atoms with E-state index < -0.39 is 63.2 Å². The van der Waals surface area contributed by atoms with E-state index in [0.717, 1.165) is 0 Å². The highest BCUT2D eigenvalue weighted by Gasteiger charge is 2.66. The molecule has 0 fully saturated rings. The Balaban J connectivity index is 3.20. The number of carboxylic acids is 1. The van der Waals surface area contributed by atoms with Gasteiger partial charge in [0, 0.05) is 14.3 Å². The Morgan fingerprint density at radius 3 is 1.75 bits per heavy atom. The molecule has 0 aromatic heterocycles. The van der Waals surface area contributed by atoms with E-state index in [1.165, 1.54) is 0 Å². The van der Waals surface area contributed by atoms with Gasteiger partial charge in [-0.15, -0.1) is 0 Å². The molecular weight excluding hydrogens is 933 g/mol. The third-order valence-corrected chi connectivity index (χ3v) is 11.6. The molecular formula is C13H6F5I4NO8S. The SMILES string of the molecule is O=C(CNC(=O)c1c(I)c(I)c(I)c(I)c1C(=O)O)OC(C(F)(F)F)C(F)(F)S(=O)(=O)O. The first-order valence-electron chi connectivity index (χ1n) is 7.23. The number of nitrogens with one attached hydrogen (secondary N) is 1. The number of ether oxygens (including phenoxy) is 1. The van der Waals surface area contributed by atoms with Gasteiger partial charge in [-0.3, -0.25) is 14.1 Å². The van der Waals surface area contributed by atoms with Crippen LogP contribution in [-0.4, -0.2) is 60.0 Å². The third-order valence-electron chi connectivity index (χ3n) is 3.30. The fraction of sp³-hybridized carbons (Fsp3) is 0.308. The molecule has 0 aliphatic carbocycles. The minimum atomic E-state index is -6.63. The van der Waals surface area contributed by atoms with Crippen molar-refractivity contribution in [3.8, 4) is 0 Å². The fourth-order valence-corrected chi connectivity index (χ4v) is 6.04. The first-order chi connectivity index (χ1) is 14.2. The molecule has 1 atom stereocenters. The van der Waals surface area contributed by atoms with E-state index in [2.05, 4.69) is 4.74 Å². The standard InChI is InChI=1S/C13H6F5I4NO8S/c14-12(15,16)11(13(17,18)32(28,29)30)31-2(24)1-23-9(25)3-4(10(26)27)6(20)8(22)7(21)5(3)19/h11H,1H2,(H,23,25)(H,26,27)(H,28,29,30). The predicted octanol–water partition coefficient (Wildman–Crippen LogP) is 3.49. The van der Waals surface area contributed by atoms with Crippen LogP contribution in [0.2, 0.25) is 0 Å². The van der Waals surface area contributed by atoms with Crippen molar-refractivity contribution in [1.82, 2.24) is 5.32 Å². The highest BCUT2D eigenvalue weighted by Crippen LogP contribution is 2.38. The molecule has 0 radical (unpaired) electrons. The van der Waals surface area contributed by atoms with Gasteiger partial charge in [-0.1, -0.05) is 0 Å². The van der Waals surface area contributed by atoms with Crippen LogP contribution < -0.4 is 5.32 Å². The maximum Gasteiger partial charge on any atom is 0.432 e. The van der Waals surface area contributed by atoms with Crippen LogP contribution in [0.3, 0.4) is 0 Å². The summed E-state index contributed by atoms with van der Waals surface area (Å²) in [7, 11) is -6.63. The number of carboxylic acid groups (broad SMARTS) is 1. The smallest absolute Gasteiger partial charge is 0.432 e. The van der Waals surface area contributed by atoms with Crippen LogP contribution in [0, 0.1) is 14.3 Å². The van der Waals surface area contributed by atoms with Crippen LogP contribution >= 0.6 is 90.4 Å². The van der Waals surface area contributed by atoms with Crippen LogP contribution in [0.4, 0.5) is 22.0 Å². The van der Waals surface area contributed by atoms with Crippen molar-refractivity contribution in [3.63, 3.8) is 0 Å². The number of carbonyl (C=O) groups is 3. The van der Waals surface area contributed by atoms with E-state index in [1.807, 2.05) is 22.6 Å². The molecule has 1 unspecified atom stereocenters. The van der Waals surface area contributed by atoms with Gasteiger partial charge in [-0.25, -0.2) is 4.79 Å². The second kappa shape index (κ2) is 10.8. The van der Waals surface area contributed by atoms with Gasteiger partial charge in [0.25, 0.3) is 12.0 Å². The van der Waals surface area contributed by atoms with E-state index >= 15 is 0 Å². The molecule has 3 N–H and O–H groups in total. The minimum absolute atomic E-state index is 0.127. The molecule has 0 saturated heterocycles. The van der Waals surface area contributed by atoms with Gasteiger partial charge in [0.1, 0.15) is 6.54 Å². The lowest BCUT2D eigenvalue weighted by atomic mass is 10.1. The number of alkyl halides is 5. The summed E-state index contributed by atoms with van der Waals surface area (Å²) in [5.74, 6) is -4.91. The maximum atomic E-state index is 13.4. The number of amides is 1. The number of carbonyl (C=O) groups excluding carboxylic acids is 2. The molecule has 32 heavy (non-hydrogen) atoms. The molecule has 1 aromatic rings. The molecule has 1 amide bonds. The van der Waals surface area contributed by atoms with Crippen molar-refractivity contribution in [2.24, 2.45) is 0 Å². The summed E-state index contributed by atoms with van der Waals surface area (Å²) in [6.45, 7) is -1.46. The van der Waals surface area contributed by atoms with Crippen molar-refractivity contribution in [1.29, 1.82) is 0 Å². The first kappa shape index (κ1) is 30.1. The normalized spacial score (nSPS) is 13.4. The zero-order chi connectivity index (χ0) is 25.4. The van der Waals surface area contributed by atoms with Crippen LogP contribution in [-0.2, 0) is 19.6 Å².